The standard InChI is InChI=1S/C13H15BrFNO/c1-2-7-16(10-4-5-10)13(17)11-8-9(15)3-6-12(11)14/h3,6,8,10H,2,4-5,7H2,1H3. The quantitative estimate of drug-likeness (QED) is 0.832. The second-order valence-corrected chi connectivity index (χ2v) is 5.21. The second-order valence-electron chi connectivity index (χ2n) is 4.35. The summed E-state index contributed by atoms with van der Waals surface area (Å²) in [6, 6.07) is 4.59. The molecule has 1 aromatic carbocycles. The van der Waals surface area contributed by atoms with Gasteiger partial charge in [-0.3, -0.25) is 4.79 Å². The Morgan fingerprint density at radius 1 is 1.53 bits per heavy atom. The third kappa shape index (κ3) is 2.86. The van der Waals surface area contributed by atoms with Gasteiger partial charge in [-0.15, -0.1) is 0 Å². The van der Waals surface area contributed by atoms with Gasteiger partial charge in [-0.25, -0.2) is 4.39 Å². The number of carbonyl (C=O) groups is 1. The van der Waals surface area contributed by atoms with E-state index in [4.69, 9.17) is 0 Å². The van der Waals surface area contributed by atoms with Gasteiger partial charge >= 0.3 is 0 Å². The maximum atomic E-state index is 13.2. The van der Waals surface area contributed by atoms with Crippen molar-refractivity contribution in [3.05, 3.63) is 34.1 Å². The molecule has 17 heavy (non-hydrogen) atoms. The van der Waals surface area contributed by atoms with Gasteiger partial charge < -0.3 is 4.90 Å². The highest BCUT2D eigenvalue weighted by Gasteiger charge is 2.33. The van der Waals surface area contributed by atoms with Crippen LogP contribution >= 0.6 is 15.9 Å². The van der Waals surface area contributed by atoms with Crippen molar-refractivity contribution in [1.29, 1.82) is 0 Å². The number of benzene rings is 1. The minimum Gasteiger partial charge on any atom is -0.336 e. The molecule has 92 valence electrons. The smallest absolute Gasteiger partial charge is 0.255 e. The molecular formula is C13H15BrFNO. The summed E-state index contributed by atoms with van der Waals surface area (Å²) in [5, 5.41) is 0. The Morgan fingerprint density at radius 2 is 2.24 bits per heavy atom. The lowest BCUT2D eigenvalue weighted by Gasteiger charge is -2.22. The molecule has 0 aromatic heterocycles. The van der Waals surface area contributed by atoms with Crippen LogP contribution in [0.4, 0.5) is 4.39 Å². The number of hydrogen-bond donors (Lipinski definition) is 0. The first-order valence-corrected chi connectivity index (χ1v) is 6.68. The highest BCUT2D eigenvalue weighted by molar-refractivity contribution is 9.10. The predicted molar refractivity (Wildman–Crippen MR) is 68.4 cm³/mol. The first-order chi connectivity index (χ1) is 8.13. The highest BCUT2D eigenvalue weighted by Crippen LogP contribution is 2.30. The van der Waals surface area contributed by atoms with Gasteiger partial charge in [0.2, 0.25) is 0 Å². The van der Waals surface area contributed by atoms with Gasteiger partial charge in [0, 0.05) is 17.1 Å². The summed E-state index contributed by atoms with van der Waals surface area (Å²) in [7, 11) is 0. The molecule has 1 saturated carbocycles. The van der Waals surface area contributed by atoms with Gasteiger partial charge in [-0.2, -0.15) is 0 Å². The molecule has 0 aliphatic heterocycles. The van der Waals surface area contributed by atoms with Crippen molar-refractivity contribution in [2.45, 2.75) is 32.2 Å². The predicted octanol–water partition coefficient (Wildman–Crippen LogP) is 3.60. The van der Waals surface area contributed by atoms with Crippen molar-refractivity contribution in [2.75, 3.05) is 6.54 Å². The molecule has 0 heterocycles. The van der Waals surface area contributed by atoms with Gasteiger partial charge in [-0.1, -0.05) is 6.92 Å². The van der Waals surface area contributed by atoms with E-state index < -0.39 is 0 Å². The van der Waals surface area contributed by atoms with E-state index in [0.29, 0.717) is 16.1 Å². The molecule has 1 aromatic rings. The first kappa shape index (κ1) is 12.6. The van der Waals surface area contributed by atoms with Crippen molar-refractivity contribution < 1.29 is 9.18 Å². The lowest BCUT2D eigenvalue weighted by atomic mass is 10.2. The lowest BCUT2D eigenvalue weighted by molar-refractivity contribution is 0.0741. The van der Waals surface area contributed by atoms with E-state index in [1.807, 2.05) is 11.8 Å². The van der Waals surface area contributed by atoms with Crippen molar-refractivity contribution in [3.8, 4) is 0 Å². The largest absolute Gasteiger partial charge is 0.336 e. The van der Waals surface area contributed by atoms with Crippen LogP contribution in [-0.4, -0.2) is 23.4 Å². The summed E-state index contributed by atoms with van der Waals surface area (Å²) in [5.41, 5.74) is 0.422. The van der Waals surface area contributed by atoms with Gasteiger partial charge in [0.1, 0.15) is 5.82 Å². The van der Waals surface area contributed by atoms with E-state index in [-0.39, 0.29) is 11.7 Å². The molecule has 0 radical (unpaired) electrons. The molecule has 1 aliphatic rings. The Morgan fingerprint density at radius 3 is 2.82 bits per heavy atom. The Labute approximate surface area is 109 Å². The number of hydrogen-bond acceptors (Lipinski definition) is 1. The van der Waals surface area contributed by atoms with Gasteiger partial charge in [0.05, 0.1) is 5.56 Å². The van der Waals surface area contributed by atoms with Crippen molar-refractivity contribution in [3.63, 3.8) is 0 Å². The molecule has 0 bridgehead atoms. The van der Waals surface area contributed by atoms with Crippen LogP contribution in [0.15, 0.2) is 22.7 Å². The summed E-state index contributed by atoms with van der Waals surface area (Å²) in [5.74, 6) is -0.440. The van der Waals surface area contributed by atoms with Crippen molar-refractivity contribution >= 4 is 21.8 Å². The normalized spacial score (nSPS) is 14.8. The molecule has 0 spiro atoms. The minimum atomic E-state index is -0.371. The van der Waals surface area contributed by atoms with Crippen LogP contribution in [0.2, 0.25) is 0 Å². The van der Waals surface area contributed by atoms with E-state index in [0.717, 1.165) is 25.8 Å². The van der Waals surface area contributed by atoms with Crippen molar-refractivity contribution in [2.24, 2.45) is 0 Å². The summed E-state index contributed by atoms with van der Waals surface area (Å²) in [4.78, 5) is 14.2. The molecule has 2 rings (SSSR count). The number of nitrogens with zero attached hydrogens (tertiary/aromatic N) is 1. The number of halogens is 2. The fourth-order valence-corrected chi connectivity index (χ4v) is 2.31. The van der Waals surface area contributed by atoms with Crippen LogP contribution in [0.5, 0.6) is 0 Å². The van der Waals surface area contributed by atoms with Crippen LogP contribution in [0.25, 0.3) is 0 Å². The Hall–Kier alpha value is -0.900. The van der Waals surface area contributed by atoms with Gasteiger partial charge in [-0.05, 0) is 53.4 Å². The average molecular weight is 300 g/mol. The molecule has 4 heteroatoms. The van der Waals surface area contributed by atoms with Crippen LogP contribution in [0.1, 0.15) is 36.5 Å². The molecule has 1 amide bonds. The summed E-state index contributed by atoms with van der Waals surface area (Å²) in [6.45, 7) is 2.79. The van der Waals surface area contributed by atoms with E-state index in [2.05, 4.69) is 15.9 Å². The summed E-state index contributed by atoms with van der Waals surface area (Å²) in [6.07, 6.45) is 3.06. The molecule has 1 aliphatic carbocycles. The van der Waals surface area contributed by atoms with E-state index in [1.165, 1.54) is 12.1 Å². The van der Waals surface area contributed by atoms with E-state index in [1.54, 1.807) is 6.07 Å². The topological polar surface area (TPSA) is 20.3 Å². The molecule has 1 fully saturated rings. The van der Waals surface area contributed by atoms with Crippen LogP contribution in [0, 0.1) is 5.82 Å². The molecule has 0 saturated heterocycles. The monoisotopic (exact) mass is 299 g/mol. The fraction of sp³-hybridized carbons (Fsp3) is 0.462. The van der Waals surface area contributed by atoms with Gasteiger partial charge in [0.15, 0.2) is 0 Å². The summed E-state index contributed by atoms with van der Waals surface area (Å²) < 4.78 is 13.8. The number of carbonyl (C=O) groups excluding carboxylic acids is 1. The zero-order chi connectivity index (χ0) is 12.4. The Balaban J connectivity index is 2.24. The summed E-state index contributed by atoms with van der Waals surface area (Å²) >= 11 is 3.31. The lowest BCUT2D eigenvalue weighted by Crippen LogP contribution is -2.34. The average Bonchev–Trinajstić information content (AvgIpc) is 3.12. The Kier molecular flexibility index (Phi) is 3.82. The molecule has 0 unspecified atom stereocenters. The van der Waals surface area contributed by atoms with Crippen molar-refractivity contribution in [1.82, 2.24) is 4.90 Å². The molecule has 0 atom stereocenters. The number of rotatable bonds is 4. The maximum absolute atomic E-state index is 13.2. The molecule has 0 N–H and O–H groups in total. The SMILES string of the molecule is CCCN(C(=O)c1cc(F)ccc1Br)C1CC1. The third-order valence-electron chi connectivity index (χ3n) is 2.87. The van der Waals surface area contributed by atoms with Gasteiger partial charge in [0.25, 0.3) is 5.91 Å². The Bertz CT molecular complexity index is 431. The van der Waals surface area contributed by atoms with E-state index >= 15 is 0 Å². The second kappa shape index (κ2) is 5.17. The zero-order valence-corrected chi connectivity index (χ0v) is 11.3. The number of amides is 1. The highest BCUT2D eigenvalue weighted by atomic mass is 79.9. The third-order valence-corrected chi connectivity index (χ3v) is 3.56. The van der Waals surface area contributed by atoms with Crippen LogP contribution in [-0.2, 0) is 0 Å². The first-order valence-electron chi connectivity index (χ1n) is 5.89. The maximum Gasteiger partial charge on any atom is 0.255 e. The molecular weight excluding hydrogens is 285 g/mol. The van der Waals surface area contributed by atoms with Crippen LogP contribution < -0.4 is 0 Å². The van der Waals surface area contributed by atoms with E-state index in [9.17, 15) is 9.18 Å². The zero-order valence-electron chi connectivity index (χ0n) is 9.75. The molecule has 2 nitrogen and oxygen atoms in total. The fourth-order valence-electron chi connectivity index (χ4n) is 1.89. The van der Waals surface area contributed by atoms with Crippen LogP contribution in [0.3, 0.4) is 0 Å². The minimum absolute atomic E-state index is 0.0688.